The normalized spacial score (nSPS) is 17.9. The third kappa shape index (κ3) is 5.22. The molecule has 2 atom stereocenters. The van der Waals surface area contributed by atoms with Crippen LogP contribution in [0.4, 0.5) is 0 Å². The fourth-order valence-electron chi connectivity index (χ4n) is 4.09. The van der Waals surface area contributed by atoms with E-state index in [0.717, 1.165) is 37.3 Å². The van der Waals surface area contributed by atoms with Crippen LogP contribution < -0.4 is 15.4 Å². The molecule has 3 aromatic rings. The summed E-state index contributed by atoms with van der Waals surface area (Å²) in [5, 5.41) is 8.41. The number of sulfonamides is 1. The van der Waals surface area contributed by atoms with Gasteiger partial charge in [-0.15, -0.1) is 21.3 Å². The van der Waals surface area contributed by atoms with E-state index in [1.165, 1.54) is 0 Å². The van der Waals surface area contributed by atoms with Crippen molar-refractivity contribution in [1.82, 2.24) is 29.7 Å². The van der Waals surface area contributed by atoms with Gasteiger partial charge in [-0.05, 0) is 42.9 Å². The molecule has 1 aliphatic heterocycles. The lowest BCUT2D eigenvalue weighted by atomic mass is 9.97. The van der Waals surface area contributed by atoms with Gasteiger partial charge < -0.3 is 9.64 Å². The summed E-state index contributed by atoms with van der Waals surface area (Å²) >= 11 is 0.997. The molecule has 0 aliphatic carbocycles. The fraction of sp³-hybridized carbons (Fsp3) is 0.524. The van der Waals surface area contributed by atoms with Gasteiger partial charge in [0.2, 0.25) is 10.2 Å². The number of aromatic nitrogens is 4. The molecule has 4 rings (SSSR count). The molecule has 1 saturated heterocycles. The number of hydrogen-bond acceptors (Lipinski definition) is 9. The molecule has 0 bridgehead atoms. The molecule has 0 radical (unpaired) electrons. The van der Waals surface area contributed by atoms with Gasteiger partial charge >= 0.3 is 0 Å². The minimum atomic E-state index is -3.82. The van der Waals surface area contributed by atoms with Crippen LogP contribution in [0.1, 0.15) is 45.3 Å². The van der Waals surface area contributed by atoms with E-state index in [4.69, 9.17) is 10.6 Å². The Bertz CT molecular complexity index is 1270. The summed E-state index contributed by atoms with van der Waals surface area (Å²) in [7, 11) is -3.82. The largest absolute Gasteiger partial charge is 0.487 e. The highest BCUT2D eigenvalue weighted by atomic mass is 32.2. The van der Waals surface area contributed by atoms with Gasteiger partial charge in [-0.2, -0.15) is 0 Å². The van der Waals surface area contributed by atoms with Crippen molar-refractivity contribution in [2.24, 2.45) is 17.7 Å². The number of piperidine rings is 1. The number of rotatable bonds is 8. The lowest BCUT2D eigenvalue weighted by Crippen LogP contribution is -2.44. The average molecular weight is 508 g/mol. The van der Waals surface area contributed by atoms with Crippen molar-refractivity contribution in [1.29, 1.82) is 0 Å². The summed E-state index contributed by atoms with van der Waals surface area (Å²) in [6, 6.07) is 4.68. The molecule has 11 nitrogen and oxygen atoms in total. The number of benzene rings is 1. The van der Waals surface area contributed by atoms with Gasteiger partial charge in [0.1, 0.15) is 24.1 Å². The van der Waals surface area contributed by atoms with Gasteiger partial charge in [0.15, 0.2) is 0 Å². The highest BCUT2D eigenvalue weighted by Gasteiger charge is 2.32. The number of likely N-dealkylation sites (tertiary alicyclic amines) is 1. The molecular weight excluding hydrogens is 478 g/mol. The topological polar surface area (TPSA) is 145 Å². The minimum Gasteiger partial charge on any atom is -0.487 e. The Morgan fingerprint density at radius 2 is 2.18 bits per heavy atom. The molecule has 0 saturated carbocycles. The van der Waals surface area contributed by atoms with Gasteiger partial charge in [0.05, 0.1) is 16.4 Å². The second-order valence-corrected chi connectivity index (χ2v) is 11.8. The summed E-state index contributed by atoms with van der Waals surface area (Å²) < 4.78 is 31.8. The highest BCUT2D eigenvalue weighted by Crippen LogP contribution is 2.29. The number of ether oxygens (including phenoxy) is 1. The quantitative estimate of drug-likeness (QED) is 0.348. The monoisotopic (exact) mass is 507 g/mol. The van der Waals surface area contributed by atoms with E-state index in [1.54, 1.807) is 33.9 Å². The van der Waals surface area contributed by atoms with Crippen molar-refractivity contribution in [2.75, 3.05) is 13.1 Å². The summed E-state index contributed by atoms with van der Waals surface area (Å²) in [4.78, 5) is 21.0. The first-order valence-electron chi connectivity index (χ1n) is 11.1. The molecule has 3 N–H and O–H groups in total. The number of thiazole rings is 1. The third-order valence-corrected chi connectivity index (χ3v) is 8.39. The van der Waals surface area contributed by atoms with Gasteiger partial charge in [-0.25, -0.2) is 18.1 Å². The molecular formula is C21H29N7O4S2. The Hall–Kier alpha value is -2.61. The first kappa shape index (κ1) is 24.5. The Morgan fingerprint density at radius 1 is 1.38 bits per heavy atom. The van der Waals surface area contributed by atoms with Crippen molar-refractivity contribution >= 4 is 37.5 Å². The summed E-state index contributed by atoms with van der Waals surface area (Å²) in [5.41, 5.74) is 1.12. The molecule has 0 spiro atoms. The molecule has 1 fully saturated rings. The molecule has 34 heavy (non-hydrogen) atoms. The fourth-order valence-corrected chi connectivity index (χ4v) is 5.99. The molecule has 1 aromatic carbocycles. The number of fused-ring (bicyclic) bond motifs is 1. The number of nitrogens with one attached hydrogen (secondary N) is 1. The molecule has 1 unspecified atom stereocenters. The Labute approximate surface area is 202 Å². The van der Waals surface area contributed by atoms with Crippen LogP contribution in [0.5, 0.6) is 5.75 Å². The van der Waals surface area contributed by atoms with Crippen LogP contribution in [0.15, 0.2) is 28.7 Å². The molecule has 3 heterocycles. The van der Waals surface area contributed by atoms with Crippen molar-refractivity contribution in [3.05, 3.63) is 30.1 Å². The van der Waals surface area contributed by atoms with Gasteiger partial charge in [0, 0.05) is 13.1 Å². The van der Waals surface area contributed by atoms with Crippen molar-refractivity contribution < 1.29 is 17.9 Å². The van der Waals surface area contributed by atoms with Gasteiger partial charge in [0.25, 0.3) is 10.0 Å². The zero-order valence-corrected chi connectivity index (χ0v) is 21.0. The second-order valence-electron chi connectivity index (χ2n) is 8.93. The van der Waals surface area contributed by atoms with Crippen LogP contribution in [0.2, 0.25) is 0 Å². The van der Waals surface area contributed by atoms with E-state index in [9.17, 15) is 13.2 Å². The van der Waals surface area contributed by atoms with Crippen molar-refractivity contribution in [3.63, 3.8) is 0 Å². The van der Waals surface area contributed by atoms with E-state index in [2.05, 4.69) is 22.2 Å². The van der Waals surface area contributed by atoms with E-state index >= 15 is 0 Å². The smallest absolute Gasteiger partial charge is 0.280 e. The molecule has 13 heteroatoms. The van der Waals surface area contributed by atoms with Crippen LogP contribution in [0.25, 0.3) is 10.2 Å². The second kappa shape index (κ2) is 9.94. The SMILES string of the molecule is CC1CCCN(C(=O)[C@@H](C(C)C)n2cc(COc3ccc4nc(S(=O)(=O)NN)sc4c3)nn2)C1. The standard InChI is InChI=1S/C21H29N7O4S2/c1-13(2)19(20(29)27-8-4-5-14(3)10-27)28-11-15(24-26-28)12-32-16-6-7-17-18(9-16)33-21(23-17)34(30,31)25-22/h6-7,9,11,13-14,19,25H,4-5,8,10,12,22H2,1-3H3/t14?,19-/m1/s1. The Balaban J connectivity index is 1.45. The first-order valence-corrected chi connectivity index (χ1v) is 13.4. The maximum atomic E-state index is 13.2. The van der Waals surface area contributed by atoms with E-state index in [0.29, 0.717) is 27.6 Å². The maximum Gasteiger partial charge on any atom is 0.280 e. The van der Waals surface area contributed by atoms with Gasteiger partial charge in [-0.3, -0.25) is 10.6 Å². The lowest BCUT2D eigenvalue weighted by Gasteiger charge is -2.34. The predicted molar refractivity (Wildman–Crippen MR) is 127 cm³/mol. The summed E-state index contributed by atoms with van der Waals surface area (Å²) in [5.74, 6) is 6.25. The lowest BCUT2D eigenvalue weighted by molar-refractivity contribution is -0.138. The highest BCUT2D eigenvalue weighted by molar-refractivity contribution is 7.91. The van der Waals surface area contributed by atoms with Crippen molar-refractivity contribution in [3.8, 4) is 5.75 Å². The molecule has 1 aliphatic rings. The van der Waals surface area contributed by atoms with Crippen LogP contribution in [0, 0.1) is 11.8 Å². The zero-order valence-electron chi connectivity index (χ0n) is 19.3. The number of carbonyl (C=O) groups is 1. The number of nitrogens with two attached hydrogens (primary N) is 1. The summed E-state index contributed by atoms with van der Waals surface area (Å²) in [6.07, 6.45) is 3.92. The predicted octanol–water partition coefficient (Wildman–Crippen LogP) is 2.07. The van der Waals surface area contributed by atoms with Crippen LogP contribution in [-0.4, -0.2) is 52.3 Å². The van der Waals surface area contributed by atoms with E-state index in [1.807, 2.05) is 18.7 Å². The number of amides is 1. The van der Waals surface area contributed by atoms with Crippen LogP contribution >= 0.6 is 11.3 Å². The Morgan fingerprint density at radius 3 is 2.88 bits per heavy atom. The minimum absolute atomic E-state index is 0.0578. The molecule has 2 aromatic heterocycles. The van der Waals surface area contributed by atoms with E-state index < -0.39 is 16.1 Å². The Kier molecular flexibility index (Phi) is 7.17. The number of hydrogen-bond donors (Lipinski definition) is 2. The summed E-state index contributed by atoms with van der Waals surface area (Å²) in [6.45, 7) is 7.89. The number of carbonyl (C=O) groups excluding carboxylic acids is 1. The molecule has 184 valence electrons. The third-order valence-electron chi connectivity index (χ3n) is 5.81. The number of hydrazine groups is 1. The van der Waals surface area contributed by atoms with Gasteiger partial charge in [-0.1, -0.05) is 26.0 Å². The van der Waals surface area contributed by atoms with Crippen LogP contribution in [-0.2, 0) is 21.4 Å². The zero-order chi connectivity index (χ0) is 24.5. The first-order chi connectivity index (χ1) is 16.2. The number of nitrogens with zero attached hydrogens (tertiary/aromatic N) is 5. The van der Waals surface area contributed by atoms with Crippen LogP contribution in [0.3, 0.4) is 0 Å². The van der Waals surface area contributed by atoms with E-state index in [-0.39, 0.29) is 22.8 Å². The van der Waals surface area contributed by atoms with Crippen molar-refractivity contribution in [2.45, 2.75) is 50.6 Å². The average Bonchev–Trinajstić information content (AvgIpc) is 3.44. The molecule has 1 amide bonds. The maximum absolute atomic E-state index is 13.2.